The Morgan fingerprint density at radius 3 is 2.97 bits per heavy atom. The predicted octanol–water partition coefficient (Wildman–Crippen LogP) is 3.24. The van der Waals surface area contributed by atoms with E-state index in [2.05, 4.69) is 20.3 Å². The van der Waals surface area contributed by atoms with Gasteiger partial charge >= 0.3 is 0 Å². The Bertz CT molecular complexity index is 1300. The highest BCUT2D eigenvalue weighted by molar-refractivity contribution is 6.31. The molecule has 168 valence electrons. The average molecular weight is 463 g/mol. The van der Waals surface area contributed by atoms with Crippen molar-refractivity contribution in [1.82, 2.24) is 29.7 Å². The van der Waals surface area contributed by atoms with Crippen molar-refractivity contribution in [2.75, 3.05) is 13.1 Å². The van der Waals surface area contributed by atoms with E-state index in [1.54, 1.807) is 29.6 Å². The van der Waals surface area contributed by atoms with Crippen LogP contribution in [0, 0.1) is 5.92 Å². The quantitative estimate of drug-likeness (QED) is 0.459. The fourth-order valence-corrected chi connectivity index (χ4v) is 4.34. The van der Waals surface area contributed by atoms with Crippen LogP contribution in [-0.2, 0) is 17.9 Å². The highest BCUT2D eigenvalue weighted by Gasteiger charge is 2.31. The first-order valence-corrected chi connectivity index (χ1v) is 11.2. The zero-order chi connectivity index (χ0) is 22.8. The summed E-state index contributed by atoms with van der Waals surface area (Å²) < 4.78 is 1.95. The molecule has 1 fully saturated rings. The number of benzene rings is 2. The van der Waals surface area contributed by atoms with Crippen molar-refractivity contribution >= 4 is 34.4 Å². The number of imidazole rings is 2. The number of halogens is 1. The summed E-state index contributed by atoms with van der Waals surface area (Å²) in [5.74, 6) is 0.313. The van der Waals surface area contributed by atoms with E-state index in [1.165, 1.54) is 0 Å². The summed E-state index contributed by atoms with van der Waals surface area (Å²) >= 11 is 6.01. The topological polar surface area (TPSA) is 95.9 Å². The molecule has 1 saturated heterocycles. The summed E-state index contributed by atoms with van der Waals surface area (Å²) in [7, 11) is 0. The lowest BCUT2D eigenvalue weighted by Crippen LogP contribution is -2.34. The number of aromatic nitrogens is 4. The molecule has 2 aromatic carbocycles. The molecule has 2 N–H and O–H groups in total. The van der Waals surface area contributed by atoms with Crippen LogP contribution in [0.1, 0.15) is 28.2 Å². The van der Waals surface area contributed by atoms with E-state index in [0.717, 1.165) is 16.6 Å². The van der Waals surface area contributed by atoms with E-state index in [0.29, 0.717) is 49.0 Å². The fraction of sp³-hybridized carbons (Fsp3) is 0.250. The molecule has 1 atom stereocenters. The van der Waals surface area contributed by atoms with E-state index < -0.39 is 0 Å². The zero-order valence-corrected chi connectivity index (χ0v) is 18.6. The summed E-state index contributed by atoms with van der Waals surface area (Å²) in [6, 6.07) is 13.0. The van der Waals surface area contributed by atoms with Gasteiger partial charge in [-0.3, -0.25) is 9.59 Å². The number of carbonyl (C=O) groups is 2. The van der Waals surface area contributed by atoms with Gasteiger partial charge in [0.05, 0.1) is 29.8 Å². The highest BCUT2D eigenvalue weighted by Crippen LogP contribution is 2.21. The van der Waals surface area contributed by atoms with Crippen molar-refractivity contribution < 1.29 is 9.59 Å². The Morgan fingerprint density at radius 1 is 1.21 bits per heavy atom. The molecule has 3 heterocycles. The van der Waals surface area contributed by atoms with Crippen LogP contribution in [0.25, 0.3) is 11.0 Å². The third-order valence-corrected chi connectivity index (χ3v) is 6.10. The number of nitrogens with one attached hydrogen (secondary N) is 2. The number of likely N-dealkylation sites (tertiary alicyclic amines) is 1. The van der Waals surface area contributed by atoms with Gasteiger partial charge in [0, 0.05) is 42.6 Å². The molecule has 5 rings (SSSR count). The third-order valence-electron chi connectivity index (χ3n) is 5.87. The molecule has 0 spiro atoms. The van der Waals surface area contributed by atoms with Crippen LogP contribution in [-0.4, -0.2) is 49.3 Å². The Morgan fingerprint density at radius 2 is 2.12 bits per heavy atom. The third kappa shape index (κ3) is 4.75. The SMILES string of the molecule is O=C(NCc1nc2ccc(Cl)cc2[nH]1)C1CCN(C(=O)c2cccc(Cn3ccnc3)c2)C1. The van der Waals surface area contributed by atoms with Crippen molar-refractivity contribution in [3.05, 3.63) is 83.2 Å². The van der Waals surface area contributed by atoms with E-state index in [1.807, 2.05) is 41.1 Å². The fourth-order valence-electron chi connectivity index (χ4n) is 4.17. The maximum Gasteiger partial charge on any atom is 0.253 e. The van der Waals surface area contributed by atoms with Gasteiger partial charge in [0.25, 0.3) is 5.91 Å². The van der Waals surface area contributed by atoms with Gasteiger partial charge in [-0.15, -0.1) is 0 Å². The minimum Gasteiger partial charge on any atom is -0.349 e. The lowest BCUT2D eigenvalue weighted by Gasteiger charge is -2.17. The van der Waals surface area contributed by atoms with E-state index in [-0.39, 0.29) is 17.7 Å². The van der Waals surface area contributed by atoms with Gasteiger partial charge in [0.15, 0.2) is 0 Å². The van der Waals surface area contributed by atoms with Crippen molar-refractivity contribution in [3.8, 4) is 0 Å². The molecule has 4 aromatic rings. The highest BCUT2D eigenvalue weighted by atomic mass is 35.5. The minimum atomic E-state index is -0.234. The molecule has 1 aliphatic rings. The number of carbonyl (C=O) groups excluding carboxylic acids is 2. The summed E-state index contributed by atoms with van der Waals surface area (Å²) in [5, 5.41) is 3.57. The number of rotatable bonds is 6. The summed E-state index contributed by atoms with van der Waals surface area (Å²) in [6.45, 7) is 1.92. The molecule has 9 heteroatoms. The van der Waals surface area contributed by atoms with Crippen molar-refractivity contribution in [1.29, 1.82) is 0 Å². The molecule has 1 aliphatic heterocycles. The van der Waals surface area contributed by atoms with Crippen LogP contribution in [0.5, 0.6) is 0 Å². The lowest BCUT2D eigenvalue weighted by molar-refractivity contribution is -0.124. The molecular formula is C24H23ClN6O2. The average Bonchev–Trinajstić information content (AvgIpc) is 3.57. The second-order valence-electron chi connectivity index (χ2n) is 8.23. The molecule has 0 bridgehead atoms. The molecule has 2 aromatic heterocycles. The van der Waals surface area contributed by atoms with E-state index in [4.69, 9.17) is 11.6 Å². The first-order valence-electron chi connectivity index (χ1n) is 10.8. The maximum atomic E-state index is 13.0. The van der Waals surface area contributed by atoms with Crippen molar-refractivity contribution in [3.63, 3.8) is 0 Å². The largest absolute Gasteiger partial charge is 0.349 e. The molecular weight excluding hydrogens is 440 g/mol. The Labute approximate surface area is 195 Å². The number of fused-ring (bicyclic) bond motifs is 1. The zero-order valence-electron chi connectivity index (χ0n) is 17.9. The number of hydrogen-bond acceptors (Lipinski definition) is 4. The van der Waals surface area contributed by atoms with Gasteiger partial charge < -0.3 is 19.8 Å². The van der Waals surface area contributed by atoms with Gasteiger partial charge in [0.1, 0.15) is 5.82 Å². The predicted molar refractivity (Wildman–Crippen MR) is 125 cm³/mol. The van der Waals surface area contributed by atoms with Crippen molar-refractivity contribution in [2.45, 2.75) is 19.5 Å². The minimum absolute atomic E-state index is 0.0491. The molecule has 33 heavy (non-hydrogen) atoms. The second kappa shape index (κ2) is 9.07. The van der Waals surface area contributed by atoms with E-state index in [9.17, 15) is 9.59 Å². The van der Waals surface area contributed by atoms with Crippen LogP contribution in [0.2, 0.25) is 5.02 Å². The normalized spacial score (nSPS) is 15.8. The van der Waals surface area contributed by atoms with Gasteiger partial charge in [-0.05, 0) is 42.3 Å². The van der Waals surface area contributed by atoms with Gasteiger partial charge in [-0.2, -0.15) is 0 Å². The van der Waals surface area contributed by atoms with Gasteiger partial charge in [-0.1, -0.05) is 23.7 Å². The summed E-state index contributed by atoms with van der Waals surface area (Å²) in [6.07, 6.45) is 6.01. The number of amides is 2. The Hall–Kier alpha value is -3.65. The second-order valence-corrected chi connectivity index (χ2v) is 8.67. The van der Waals surface area contributed by atoms with Crippen LogP contribution in [0.4, 0.5) is 0 Å². The molecule has 1 unspecified atom stereocenters. The smallest absolute Gasteiger partial charge is 0.253 e. The number of nitrogens with zero attached hydrogens (tertiary/aromatic N) is 4. The standard InChI is InChI=1S/C24H23ClN6O2/c25-19-4-5-20-21(11-19)29-22(28-20)12-27-23(32)18-6-8-31(14-18)24(33)17-3-1-2-16(10-17)13-30-9-7-26-15-30/h1-5,7,9-11,15,18H,6,8,12-14H2,(H,27,32)(H,28,29). The summed E-state index contributed by atoms with van der Waals surface area (Å²) in [4.78, 5) is 39.2. The Balaban J connectivity index is 1.17. The number of H-pyrrole nitrogens is 1. The van der Waals surface area contributed by atoms with Crippen LogP contribution < -0.4 is 5.32 Å². The number of aromatic amines is 1. The monoisotopic (exact) mass is 462 g/mol. The molecule has 0 saturated carbocycles. The summed E-state index contributed by atoms with van der Waals surface area (Å²) in [5.41, 5.74) is 3.30. The van der Waals surface area contributed by atoms with Crippen LogP contribution in [0.3, 0.4) is 0 Å². The number of hydrogen-bond donors (Lipinski definition) is 2. The Kier molecular flexibility index (Phi) is 5.83. The van der Waals surface area contributed by atoms with Gasteiger partial charge in [-0.25, -0.2) is 9.97 Å². The molecule has 0 aliphatic carbocycles. The van der Waals surface area contributed by atoms with Crippen LogP contribution >= 0.6 is 11.6 Å². The first kappa shape index (κ1) is 21.2. The first-order chi connectivity index (χ1) is 16.0. The van der Waals surface area contributed by atoms with Crippen LogP contribution in [0.15, 0.2) is 61.2 Å². The maximum absolute atomic E-state index is 13.0. The van der Waals surface area contributed by atoms with E-state index >= 15 is 0 Å². The molecule has 8 nitrogen and oxygen atoms in total. The lowest BCUT2D eigenvalue weighted by atomic mass is 10.1. The van der Waals surface area contributed by atoms with Gasteiger partial charge in [0.2, 0.25) is 5.91 Å². The molecule has 0 radical (unpaired) electrons. The van der Waals surface area contributed by atoms with Crippen molar-refractivity contribution in [2.24, 2.45) is 5.92 Å². The molecule has 2 amide bonds.